The van der Waals surface area contributed by atoms with Gasteiger partial charge in [0.1, 0.15) is 12.4 Å². The van der Waals surface area contributed by atoms with Gasteiger partial charge in [-0.2, -0.15) is 5.10 Å². The van der Waals surface area contributed by atoms with Crippen molar-refractivity contribution in [2.75, 3.05) is 0 Å². The second-order valence-electron chi connectivity index (χ2n) is 5.14. The molecule has 1 N–H and O–H groups in total. The van der Waals surface area contributed by atoms with Crippen molar-refractivity contribution >= 4 is 0 Å². The van der Waals surface area contributed by atoms with Crippen LogP contribution in [0.25, 0.3) is 0 Å². The highest BCUT2D eigenvalue weighted by Crippen LogP contribution is 2.19. The maximum absolute atomic E-state index is 5.92. The fourth-order valence-electron chi connectivity index (χ4n) is 1.92. The van der Waals surface area contributed by atoms with Crippen LogP contribution < -0.4 is 10.1 Å². The number of ether oxygens (including phenoxy) is 1. The number of aryl methyl sites for hydroxylation is 1. The fraction of sp³-hybridized carbons (Fsp3) is 0.438. The molecule has 0 saturated carbocycles. The third-order valence-electron chi connectivity index (χ3n) is 3.08. The molecule has 1 heterocycles. The van der Waals surface area contributed by atoms with Crippen molar-refractivity contribution in [3.05, 3.63) is 47.8 Å². The summed E-state index contributed by atoms with van der Waals surface area (Å²) in [6, 6.07) is 8.62. The van der Waals surface area contributed by atoms with Gasteiger partial charge < -0.3 is 10.1 Å². The van der Waals surface area contributed by atoms with Gasteiger partial charge in [-0.1, -0.05) is 32.0 Å². The first-order valence-corrected chi connectivity index (χ1v) is 7.14. The predicted octanol–water partition coefficient (Wildman–Crippen LogP) is 2.98. The Bertz CT molecular complexity index is 534. The molecule has 0 amide bonds. The molecule has 0 spiro atoms. The largest absolute Gasteiger partial charge is 0.488 e. The van der Waals surface area contributed by atoms with Crippen LogP contribution in [0.15, 0.2) is 36.7 Å². The Morgan fingerprint density at radius 1 is 1.30 bits per heavy atom. The normalized spacial score (nSPS) is 11.0. The maximum Gasteiger partial charge on any atom is 0.124 e. The van der Waals surface area contributed by atoms with Gasteiger partial charge in [0.2, 0.25) is 0 Å². The number of benzene rings is 1. The van der Waals surface area contributed by atoms with Gasteiger partial charge in [-0.05, 0) is 13.0 Å². The highest BCUT2D eigenvalue weighted by atomic mass is 16.5. The van der Waals surface area contributed by atoms with Crippen LogP contribution in [0.2, 0.25) is 0 Å². The van der Waals surface area contributed by atoms with Crippen LogP contribution in [0.4, 0.5) is 0 Å². The average molecular weight is 273 g/mol. The topological polar surface area (TPSA) is 39.1 Å². The number of aromatic nitrogens is 2. The average Bonchev–Trinajstić information content (AvgIpc) is 2.91. The third kappa shape index (κ3) is 4.10. The van der Waals surface area contributed by atoms with Crippen LogP contribution in [0, 0.1) is 0 Å². The summed E-state index contributed by atoms with van der Waals surface area (Å²) in [6.07, 6.45) is 3.88. The third-order valence-corrected chi connectivity index (χ3v) is 3.08. The van der Waals surface area contributed by atoms with E-state index in [2.05, 4.69) is 37.3 Å². The number of hydrogen-bond acceptors (Lipinski definition) is 3. The van der Waals surface area contributed by atoms with E-state index in [0.29, 0.717) is 12.6 Å². The van der Waals surface area contributed by atoms with Crippen LogP contribution in [-0.4, -0.2) is 15.8 Å². The maximum atomic E-state index is 5.92. The summed E-state index contributed by atoms with van der Waals surface area (Å²) in [6.45, 7) is 8.62. The molecule has 0 bridgehead atoms. The summed E-state index contributed by atoms with van der Waals surface area (Å²) in [7, 11) is 0. The molecule has 0 aliphatic rings. The van der Waals surface area contributed by atoms with E-state index in [1.54, 1.807) is 0 Å². The number of hydrogen-bond donors (Lipinski definition) is 1. The molecule has 1 aromatic carbocycles. The molecule has 0 saturated heterocycles. The van der Waals surface area contributed by atoms with E-state index in [4.69, 9.17) is 4.74 Å². The first-order chi connectivity index (χ1) is 9.69. The minimum Gasteiger partial charge on any atom is -0.488 e. The zero-order chi connectivity index (χ0) is 14.4. The van der Waals surface area contributed by atoms with Gasteiger partial charge in [-0.25, -0.2) is 0 Å². The minimum atomic E-state index is 0.464. The molecular formula is C16H23N3O. The van der Waals surface area contributed by atoms with Crippen molar-refractivity contribution in [1.82, 2.24) is 15.1 Å². The highest BCUT2D eigenvalue weighted by molar-refractivity contribution is 5.33. The number of para-hydroxylation sites is 1. The van der Waals surface area contributed by atoms with Crippen molar-refractivity contribution in [3.8, 4) is 5.75 Å². The molecule has 0 fully saturated rings. The van der Waals surface area contributed by atoms with Crippen LogP contribution in [0.1, 0.15) is 31.9 Å². The van der Waals surface area contributed by atoms with E-state index in [1.165, 1.54) is 5.56 Å². The standard InChI is InChI=1S/C16H23N3O/c1-4-19-11-14(9-18-19)12-20-16-8-6-5-7-15(16)10-17-13(2)3/h5-9,11,13,17H,4,10,12H2,1-3H3. The van der Waals surface area contributed by atoms with Crippen LogP contribution in [0.3, 0.4) is 0 Å². The van der Waals surface area contributed by atoms with Gasteiger partial charge in [0.15, 0.2) is 0 Å². The Balaban J connectivity index is 1.97. The number of nitrogens with zero attached hydrogens (tertiary/aromatic N) is 2. The van der Waals surface area contributed by atoms with Gasteiger partial charge >= 0.3 is 0 Å². The molecule has 20 heavy (non-hydrogen) atoms. The molecule has 2 aromatic rings. The smallest absolute Gasteiger partial charge is 0.124 e. The van der Waals surface area contributed by atoms with Gasteiger partial charge in [-0.15, -0.1) is 0 Å². The second-order valence-corrected chi connectivity index (χ2v) is 5.14. The Morgan fingerprint density at radius 2 is 2.10 bits per heavy atom. The Kier molecular flexibility index (Phi) is 5.18. The summed E-state index contributed by atoms with van der Waals surface area (Å²) < 4.78 is 7.83. The molecule has 0 aliphatic carbocycles. The summed E-state index contributed by atoms with van der Waals surface area (Å²) in [5.41, 5.74) is 2.28. The summed E-state index contributed by atoms with van der Waals surface area (Å²) in [4.78, 5) is 0. The summed E-state index contributed by atoms with van der Waals surface area (Å²) in [5, 5.41) is 7.67. The lowest BCUT2D eigenvalue weighted by Gasteiger charge is -2.13. The lowest BCUT2D eigenvalue weighted by Crippen LogP contribution is -2.22. The van der Waals surface area contributed by atoms with E-state index in [9.17, 15) is 0 Å². The number of nitrogens with one attached hydrogen (secondary N) is 1. The molecule has 1 aromatic heterocycles. The van der Waals surface area contributed by atoms with Crippen molar-refractivity contribution in [2.24, 2.45) is 0 Å². The zero-order valence-corrected chi connectivity index (χ0v) is 12.5. The molecule has 4 heteroatoms. The van der Waals surface area contributed by atoms with Gasteiger partial charge in [-0.3, -0.25) is 4.68 Å². The SMILES string of the molecule is CCn1cc(COc2ccccc2CNC(C)C)cn1. The Morgan fingerprint density at radius 3 is 2.80 bits per heavy atom. The van der Waals surface area contributed by atoms with Crippen LogP contribution in [-0.2, 0) is 19.7 Å². The van der Waals surface area contributed by atoms with E-state index in [1.807, 2.05) is 35.3 Å². The molecule has 0 radical (unpaired) electrons. The molecule has 2 rings (SSSR count). The molecule has 0 atom stereocenters. The monoisotopic (exact) mass is 273 g/mol. The Labute approximate surface area is 120 Å². The van der Waals surface area contributed by atoms with E-state index < -0.39 is 0 Å². The van der Waals surface area contributed by atoms with Gasteiger partial charge in [0.25, 0.3) is 0 Å². The Hall–Kier alpha value is -1.81. The molecule has 108 valence electrons. The lowest BCUT2D eigenvalue weighted by molar-refractivity contribution is 0.301. The quantitative estimate of drug-likeness (QED) is 0.843. The second kappa shape index (κ2) is 7.10. The summed E-state index contributed by atoms with van der Waals surface area (Å²) >= 11 is 0. The first-order valence-electron chi connectivity index (χ1n) is 7.14. The van der Waals surface area contributed by atoms with Gasteiger partial charge in [0, 0.05) is 36.5 Å². The van der Waals surface area contributed by atoms with E-state index >= 15 is 0 Å². The predicted molar refractivity (Wildman–Crippen MR) is 80.7 cm³/mol. The molecular weight excluding hydrogens is 250 g/mol. The summed E-state index contributed by atoms with van der Waals surface area (Å²) in [5.74, 6) is 0.935. The minimum absolute atomic E-state index is 0.464. The van der Waals surface area contributed by atoms with Crippen molar-refractivity contribution in [2.45, 2.75) is 46.5 Å². The molecule has 0 unspecified atom stereocenters. The lowest BCUT2D eigenvalue weighted by atomic mass is 10.2. The zero-order valence-electron chi connectivity index (χ0n) is 12.5. The fourth-order valence-corrected chi connectivity index (χ4v) is 1.92. The van der Waals surface area contributed by atoms with Gasteiger partial charge in [0.05, 0.1) is 6.20 Å². The number of rotatable bonds is 7. The van der Waals surface area contributed by atoms with Crippen LogP contribution >= 0.6 is 0 Å². The first kappa shape index (κ1) is 14.6. The van der Waals surface area contributed by atoms with E-state index in [-0.39, 0.29) is 0 Å². The van der Waals surface area contributed by atoms with E-state index in [0.717, 1.165) is 24.4 Å². The highest BCUT2D eigenvalue weighted by Gasteiger charge is 2.05. The van der Waals surface area contributed by atoms with Crippen molar-refractivity contribution < 1.29 is 4.74 Å². The van der Waals surface area contributed by atoms with Crippen molar-refractivity contribution in [1.29, 1.82) is 0 Å². The van der Waals surface area contributed by atoms with Crippen LogP contribution in [0.5, 0.6) is 5.75 Å². The van der Waals surface area contributed by atoms with Crippen molar-refractivity contribution in [3.63, 3.8) is 0 Å². The molecule has 4 nitrogen and oxygen atoms in total. The molecule has 0 aliphatic heterocycles.